The molecule has 0 spiro atoms. The van der Waals surface area contributed by atoms with Crippen molar-refractivity contribution in [3.8, 4) is 5.75 Å². The molecule has 0 bridgehead atoms. The molecule has 17 heavy (non-hydrogen) atoms. The van der Waals surface area contributed by atoms with E-state index < -0.39 is 0 Å². The average Bonchev–Trinajstić information content (AvgIpc) is 2.32. The van der Waals surface area contributed by atoms with Crippen LogP contribution in [0.15, 0.2) is 46.9 Å². The van der Waals surface area contributed by atoms with Crippen LogP contribution in [-0.2, 0) is 6.61 Å². The molecule has 0 fully saturated rings. The largest absolute Gasteiger partial charge is 0.487 e. The third-order valence-corrected chi connectivity index (χ3v) is 3.28. The van der Waals surface area contributed by atoms with Gasteiger partial charge in [-0.15, -0.1) is 0 Å². The van der Waals surface area contributed by atoms with Crippen molar-refractivity contribution in [2.45, 2.75) is 13.5 Å². The molecule has 0 unspecified atom stereocenters. The zero-order valence-electron chi connectivity index (χ0n) is 9.61. The molecule has 0 atom stereocenters. The molecule has 0 radical (unpaired) electrons. The molecule has 0 amide bonds. The lowest BCUT2D eigenvalue weighted by Gasteiger charge is -2.10. The van der Waals surface area contributed by atoms with Gasteiger partial charge in [0.2, 0.25) is 0 Å². The number of halogens is 1. The quantitative estimate of drug-likeness (QED) is 0.870. The molecule has 0 saturated carbocycles. The Balaban J connectivity index is 2.12. The van der Waals surface area contributed by atoms with E-state index in [1.807, 2.05) is 49.4 Å². The zero-order valence-corrected chi connectivity index (χ0v) is 11.2. The Morgan fingerprint density at radius 2 is 1.94 bits per heavy atom. The first kappa shape index (κ1) is 12.0. The van der Waals surface area contributed by atoms with Crippen LogP contribution >= 0.6 is 15.9 Å². The van der Waals surface area contributed by atoms with Gasteiger partial charge in [-0.2, -0.15) is 0 Å². The third kappa shape index (κ3) is 3.01. The molecule has 0 aliphatic heterocycles. The second-order valence-electron chi connectivity index (χ2n) is 3.92. The maximum absolute atomic E-state index is 5.85. The van der Waals surface area contributed by atoms with Gasteiger partial charge in [-0.25, -0.2) is 0 Å². The molecule has 2 rings (SSSR count). The van der Waals surface area contributed by atoms with Crippen LogP contribution in [0, 0.1) is 6.92 Å². The smallest absolute Gasteiger partial charge is 0.142 e. The molecule has 2 aromatic rings. The molecule has 88 valence electrons. The number of hydrogen-bond donors (Lipinski definition) is 1. The number of nitrogen functional groups attached to an aromatic ring is 1. The van der Waals surface area contributed by atoms with Gasteiger partial charge in [-0.1, -0.05) is 40.2 Å². The van der Waals surface area contributed by atoms with E-state index in [4.69, 9.17) is 10.5 Å². The highest BCUT2D eigenvalue weighted by Gasteiger charge is 2.03. The number of benzene rings is 2. The van der Waals surface area contributed by atoms with Gasteiger partial charge in [0, 0.05) is 10.0 Å². The Labute approximate surface area is 110 Å². The van der Waals surface area contributed by atoms with Crippen LogP contribution in [0.25, 0.3) is 0 Å². The lowest BCUT2D eigenvalue weighted by molar-refractivity contribution is 0.307. The van der Waals surface area contributed by atoms with E-state index in [0.29, 0.717) is 12.3 Å². The fraction of sp³-hybridized carbons (Fsp3) is 0.143. The van der Waals surface area contributed by atoms with Crippen LogP contribution in [0.3, 0.4) is 0 Å². The van der Waals surface area contributed by atoms with E-state index in [1.165, 1.54) is 0 Å². The highest BCUT2D eigenvalue weighted by molar-refractivity contribution is 9.10. The van der Waals surface area contributed by atoms with Crippen molar-refractivity contribution >= 4 is 21.6 Å². The topological polar surface area (TPSA) is 35.2 Å². The zero-order chi connectivity index (χ0) is 12.3. The fourth-order valence-corrected chi connectivity index (χ4v) is 1.94. The first-order valence-corrected chi connectivity index (χ1v) is 6.18. The minimum atomic E-state index is 0.509. The van der Waals surface area contributed by atoms with Gasteiger partial charge < -0.3 is 10.5 Å². The monoisotopic (exact) mass is 291 g/mol. The van der Waals surface area contributed by atoms with Gasteiger partial charge in [0.05, 0.1) is 5.69 Å². The first-order chi connectivity index (χ1) is 8.16. The Hall–Kier alpha value is -1.48. The van der Waals surface area contributed by atoms with Crippen LogP contribution in [0.2, 0.25) is 0 Å². The highest BCUT2D eigenvalue weighted by atomic mass is 79.9. The van der Waals surface area contributed by atoms with Crippen LogP contribution in [0.5, 0.6) is 5.75 Å². The summed E-state index contributed by atoms with van der Waals surface area (Å²) in [5.41, 5.74) is 8.77. The SMILES string of the molecule is Cc1ccc(N)c(OCc2ccccc2Br)c1. The predicted molar refractivity (Wildman–Crippen MR) is 74.1 cm³/mol. The van der Waals surface area contributed by atoms with Gasteiger partial charge >= 0.3 is 0 Å². The van der Waals surface area contributed by atoms with Gasteiger partial charge in [-0.05, 0) is 30.7 Å². The van der Waals surface area contributed by atoms with Crippen molar-refractivity contribution in [2.75, 3.05) is 5.73 Å². The maximum atomic E-state index is 5.85. The first-order valence-electron chi connectivity index (χ1n) is 5.39. The van der Waals surface area contributed by atoms with Crippen molar-refractivity contribution in [1.82, 2.24) is 0 Å². The Bertz CT molecular complexity index is 525. The Morgan fingerprint density at radius 1 is 1.18 bits per heavy atom. The maximum Gasteiger partial charge on any atom is 0.142 e. The number of ether oxygens (including phenoxy) is 1. The summed E-state index contributed by atoms with van der Waals surface area (Å²) in [4.78, 5) is 0. The van der Waals surface area contributed by atoms with Crippen LogP contribution in [0.1, 0.15) is 11.1 Å². The molecule has 2 aromatic carbocycles. The normalized spacial score (nSPS) is 10.2. The van der Waals surface area contributed by atoms with E-state index in [2.05, 4.69) is 15.9 Å². The van der Waals surface area contributed by atoms with E-state index in [0.717, 1.165) is 21.3 Å². The number of hydrogen-bond acceptors (Lipinski definition) is 2. The van der Waals surface area contributed by atoms with E-state index >= 15 is 0 Å². The summed E-state index contributed by atoms with van der Waals surface area (Å²) in [7, 11) is 0. The second-order valence-corrected chi connectivity index (χ2v) is 4.78. The van der Waals surface area contributed by atoms with Gasteiger partial charge in [0.15, 0.2) is 0 Å². The molecule has 0 aromatic heterocycles. The minimum Gasteiger partial charge on any atom is -0.487 e. The van der Waals surface area contributed by atoms with Gasteiger partial charge in [0.25, 0.3) is 0 Å². The highest BCUT2D eigenvalue weighted by Crippen LogP contribution is 2.25. The van der Waals surface area contributed by atoms with E-state index in [1.54, 1.807) is 0 Å². The van der Waals surface area contributed by atoms with Crippen LogP contribution in [0.4, 0.5) is 5.69 Å². The summed E-state index contributed by atoms with van der Waals surface area (Å²) in [5.74, 6) is 0.737. The molecule has 0 aliphatic carbocycles. The molecule has 3 heteroatoms. The molecule has 2 nitrogen and oxygen atoms in total. The molecule has 0 saturated heterocycles. The minimum absolute atomic E-state index is 0.509. The van der Waals surface area contributed by atoms with E-state index in [9.17, 15) is 0 Å². The summed E-state index contributed by atoms with van der Waals surface area (Å²) in [5, 5.41) is 0. The predicted octanol–water partition coefficient (Wildman–Crippen LogP) is 3.92. The van der Waals surface area contributed by atoms with Crippen molar-refractivity contribution in [3.63, 3.8) is 0 Å². The molecule has 2 N–H and O–H groups in total. The number of nitrogens with two attached hydrogens (primary N) is 1. The lowest BCUT2D eigenvalue weighted by Crippen LogP contribution is -1.99. The van der Waals surface area contributed by atoms with Crippen molar-refractivity contribution in [3.05, 3.63) is 58.1 Å². The van der Waals surface area contributed by atoms with E-state index in [-0.39, 0.29) is 0 Å². The lowest BCUT2D eigenvalue weighted by atomic mass is 10.2. The third-order valence-electron chi connectivity index (χ3n) is 2.51. The van der Waals surface area contributed by atoms with Gasteiger partial charge in [0.1, 0.15) is 12.4 Å². The standard InChI is InChI=1S/C14H14BrNO/c1-10-6-7-13(16)14(8-10)17-9-11-4-2-3-5-12(11)15/h2-8H,9,16H2,1H3. The fourth-order valence-electron chi connectivity index (χ4n) is 1.54. The van der Waals surface area contributed by atoms with Gasteiger partial charge in [-0.3, -0.25) is 0 Å². The molecular formula is C14H14BrNO. The van der Waals surface area contributed by atoms with Crippen LogP contribution in [-0.4, -0.2) is 0 Å². The Kier molecular flexibility index (Phi) is 3.69. The summed E-state index contributed by atoms with van der Waals surface area (Å²) in [6.45, 7) is 2.53. The molecular weight excluding hydrogens is 278 g/mol. The van der Waals surface area contributed by atoms with Crippen LogP contribution < -0.4 is 10.5 Å². The number of aryl methyl sites for hydroxylation is 1. The van der Waals surface area contributed by atoms with Crippen molar-refractivity contribution < 1.29 is 4.74 Å². The summed E-state index contributed by atoms with van der Waals surface area (Å²) in [6.07, 6.45) is 0. The summed E-state index contributed by atoms with van der Waals surface area (Å²) < 4.78 is 6.78. The number of rotatable bonds is 3. The molecule has 0 heterocycles. The van der Waals surface area contributed by atoms with Crippen molar-refractivity contribution in [2.24, 2.45) is 0 Å². The number of anilines is 1. The average molecular weight is 292 g/mol. The summed E-state index contributed by atoms with van der Waals surface area (Å²) in [6, 6.07) is 13.8. The van der Waals surface area contributed by atoms with Crippen molar-refractivity contribution in [1.29, 1.82) is 0 Å². The second kappa shape index (κ2) is 5.23. The molecule has 0 aliphatic rings. The summed E-state index contributed by atoms with van der Waals surface area (Å²) >= 11 is 3.49. The Morgan fingerprint density at radius 3 is 2.71 bits per heavy atom.